The molecule has 146 valence electrons. The second-order valence-electron chi connectivity index (χ2n) is 7.26. The monoisotopic (exact) mass is 369 g/mol. The molecule has 0 atom stereocenters. The zero-order chi connectivity index (χ0) is 19.2. The van der Waals surface area contributed by atoms with Crippen LogP contribution in [0.2, 0.25) is 0 Å². The Kier molecular flexibility index (Phi) is 6.37. The summed E-state index contributed by atoms with van der Waals surface area (Å²) in [6.45, 7) is 6.39. The van der Waals surface area contributed by atoms with Crippen molar-refractivity contribution in [3.63, 3.8) is 0 Å². The van der Waals surface area contributed by atoms with E-state index in [2.05, 4.69) is 39.8 Å². The molecule has 1 aliphatic carbocycles. The fraction of sp³-hybridized carbons (Fsp3) is 0.524. The van der Waals surface area contributed by atoms with E-state index in [4.69, 9.17) is 0 Å². The van der Waals surface area contributed by atoms with Crippen LogP contribution in [0.3, 0.4) is 0 Å². The first-order valence-corrected chi connectivity index (χ1v) is 9.86. The number of guanidine groups is 1. The molecule has 0 radical (unpaired) electrons. The van der Waals surface area contributed by atoms with Crippen LogP contribution in [-0.2, 0) is 25.9 Å². The van der Waals surface area contributed by atoms with Gasteiger partial charge in [-0.2, -0.15) is 5.10 Å². The van der Waals surface area contributed by atoms with Crippen molar-refractivity contribution in [3.8, 4) is 5.75 Å². The van der Waals surface area contributed by atoms with E-state index < -0.39 is 0 Å². The van der Waals surface area contributed by atoms with Crippen LogP contribution in [0.4, 0.5) is 0 Å². The van der Waals surface area contributed by atoms with Gasteiger partial charge in [0, 0.05) is 37.9 Å². The number of rotatable bonds is 6. The van der Waals surface area contributed by atoms with Crippen molar-refractivity contribution in [3.05, 3.63) is 46.3 Å². The highest BCUT2D eigenvalue weighted by molar-refractivity contribution is 5.79. The third kappa shape index (κ3) is 4.81. The second-order valence-corrected chi connectivity index (χ2v) is 7.26. The van der Waals surface area contributed by atoms with E-state index in [1.54, 1.807) is 7.05 Å². The fourth-order valence-corrected chi connectivity index (χ4v) is 3.82. The summed E-state index contributed by atoms with van der Waals surface area (Å²) >= 11 is 0. The molecule has 0 saturated carbocycles. The van der Waals surface area contributed by atoms with Gasteiger partial charge < -0.3 is 15.7 Å². The number of benzene rings is 1. The Balaban J connectivity index is 1.50. The summed E-state index contributed by atoms with van der Waals surface area (Å²) in [5, 5.41) is 21.5. The van der Waals surface area contributed by atoms with Gasteiger partial charge in [-0.05, 0) is 69.2 Å². The number of fused-ring (bicyclic) bond motifs is 1. The quantitative estimate of drug-likeness (QED) is 0.416. The van der Waals surface area contributed by atoms with Gasteiger partial charge in [-0.3, -0.25) is 9.67 Å². The van der Waals surface area contributed by atoms with Gasteiger partial charge in [-0.15, -0.1) is 0 Å². The predicted molar refractivity (Wildman–Crippen MR) is 109 cm³/mol. The predicted octanol–water partition coefficient (Wildman–Crippen LogP) is 2.84. The molecule has 1 heterocycles. The van der Waals surface area contributed by atoms with E-state index in [0.717, 1.165) is 49.6 Å². The van der Waals surface area contributed by atoms with Gasteiger partial charge in [0.25, 0.3) is 0 Å². The normalized spacial score (nSPS) is 14.1. The second kappa shape index (κ2) is 8.93. The van der Waals surface area contributed by atoms with Crippen LogP contribution in [0.25, 0.3) is 0 Å². The molecule has 0 amide bonds. The molecule has 3 rings (SSSR count). The summed E-state index contributed by atoms with van der Waals surface area (Å²) in [4.78, 5) is 4.30. The highest BCUT2D eigenvalue weighted by atomic mass is 16.3. The van der Waals surface area contributed by atoms with Crippen LogP contribution in [0.1, 0.15) is 47.3 Å². The average molecular weight is 370 g/mol. The van der Waals surface area contributed by atoms with Crippen molar-refractivity contribution in [2.24, 2.45) is 4.99 Å². The van der Waals surface area contributed by atoms with E-state index in [1.165, 1.54) is 29.7 Å². The lowest BCUT2D eigenvalue weighted by molar-refractivity contribution is 0.464. The molecule has 6 nitrogen and oxygen atoms in total. The van der Waals surface area contributed by atoms with Crippen LogP contribution < -0.4 is 10.6 Å². The number of phenolic OH excluding ortho intramolecular Hbond substituents is 1. The molecule has 3 N–H and O–H groups in total. The minimum absolute atomic E-state index is 0.378. The van der Waals surface area contributed by atoms with Gasteiger partial charge in [0.1, 0.15) is 5.75 Å². The number of hydrogen-bond acceptors (Lipinski definition) is 3. The van der Waals surface area contributed by atoms with E-state index in [9.17, 15) is 5.11 Å². The van der Waals surface area contributed by atoms with Crippen LogP contribution in [0.15, 0.2) is 23.2 Å². The summed E-state index contributed by atoms with van der Waals surface area (Å²) < 4.78 is 2.04. The van der Waals surface area contributed by atoms with Gasteiger partial charge in [0.05, 0.1) is 5.69 Å². The van der Waals surface area contributed by atoms with Crippen LogP contribution >= 0.6 is 0 Å². The van der Waals surface area contributed by atoms with Crippen molar-refractivity contribution in [1.29, 1.82) is 0 Å². The van der Waals surface area contributed by atoms with Gasteiger partial charge in [-0.1, -0.05) is 6.07 Å². The van der Waals surface area contributed by atoms with E-state index in [1.807, 2.05) is 17.7 Å². The maximum Gasteiger partial charge on any atom is 0.191 e. The van der Waals surface area contributed by atoms with Crippen molar-refractivity contribution >= 4 is 5.96 Å². The van der Waals surface area contributed by atoms with Gasteiger partial charge in [0.15, 0.2) is 5.96 Å². The summed E-state index contributed by atoms with van der Waals surface area (Å²) in [6.07, 6.45) is 5.57. The number of aromatic nitrogens is 2. The van der Waals surface area contributed by atoms with E-state index >= 15 is 0 Å². The summed E-state index contributed by atoms with van der Waals surface area (Å²) in [7, 11) is 1.77. The number of nitrogens with one attached hydrogen (secondary N) is 2. The SMILES string of the molecule is CN=C(NCCCn1nc(C)cc1C)NCc1c(O)ccc2c1CCCC2. The summed E-state index contributed by atoms with van der Waals surface area (Å²) in [5.41, 5.74) is 5.96. The molecule has 1 aliphatic rings. The smallest absolute Gasteiger partial charge is 0.191 e. The molecular formula is C21H31N5O. The Bertz CT molecular complexity index is 809. The molecule has 27 heavy (non-hydrogen) atoms. The molecule has 1 aromatic heterocycles. The molecule has 0 spiro atoms. The van der Waals surface area contributed by atoms with Crippen molar-refractivity contribution in [2.45, 2.75) is 59.0 Å². The largest absolute Gasteiger partial charge is 0.508 e. The van der Waals surface area contributed by atoms with Gasteiger partial charge >= 0.3 is 0 Å². The van der Waals surface area contributed by atoms with Crippen molar-refractivity contribution in [1.82, 2.24) is 20.4 Å². The third-order valence-electron chi connectivity index (χ3n) is 5.23. The standard InChI is InChI=1S/C21H31N5O/c1-15-13-16(2)26(25-15)12-6-11-23-21(22-3)24-14-19-18-8-5-4-7-17(18)9-10-20(19)27/h9-10,13,27H,4-8,11-12,14H2,1-3H3,(H2,22,23,24). The highest BCUT2D eigenvalue weighted by Gasteiger charge is 2.16. The maximum absolute atomic E-state index is 10.3. The van der Waals surface area contributed by atoms with E-state index in [0.29, 0.717) is 12.3 Å². The molecule has 0 unspecified atom stereocenters. The number of aliphatic imine (C=N–C) groups is 1. The number of aryl methyl sites for hydroxylation is 4. The molecule has 1 aromatic carbocycles. The molecule has 6 heteroatoms. The van der Waals surface area contributed by atoms with Crippen LogP contribution in [0.5, 0.6) is 5.75 Å². The lowest BCUT2D eigenvalue weighted by atomic mass is 9.88. The summed E-state index contributed by atoms with van der Waals surface area (Å²) in [6, 6.07) is 5.99. The number of nitrogens with zero attached hydrogens (tertiary/aromatic N) is 3. The van der Waals surface area contributed by atoms with Crippen LogP contribution in [0, 0.1) is 13.8 Å². The minimum Gasteiger partial charge on any atom is -0.508 e. The Labute approximate surface area is 161 Å². The number of phenols is 1. The lowest BCUT2D eigenvalue weighted by Gasteiger charge is -2.21. The first kappa shape index (κ1) is 19.3. The molecule has 0 bridgehead atoms. The Morgan fingerprint density at radius 1 is 1.22 bits per heavy atom. The zero-order valence-corrected chi connectivity index (χ0v) is 16.7. The molecular weight excluding hydrogens is 338 g/mol. The molecule has 0 aliphatic heterocycles. The maximum atomic E-state index is 10.3. The van der Waals surface area contributed by atoms with Crippen molar-refractivity contribution < 1.29 is 5.11 Å². The van der Waals surface area contributed by atoms with Gasteiger partial charge in [-0.25, -0.2) is 0 Å². The number of aromatic hydroxyl groups is 1. The number of hydrogen-bond donors (Lipinski definition) is 3. The molecule has 2 aromatic rings. The highest BCUT2D eigenvalue weighted by Crippen LogP contribution is 2.30. The van der Waals surface area contributed by atoms with Crippen LogP contribution in [-0.4, -0.2) is 34.4 Å². The average Bonchev–Trinajstić information content (AvgIpc) is 2.99. The first-order valence-electron chi connectivity index (χ1n) is 9.86. The Morgan fingerprint density at radius 3 is 2.78 bits per heavy atom. The molecule has 0 saturated heterocycles. The van der Waals surface area contributed by atoms with E-state index in [-0.39, 0.29) is 0 Å². The zero-order valence-electron chi connectivity index (χ0n) is 16.7. The minimum atomic E-state index is 0.378. The Hall–Kier alpha value is -2.50. The van der Waals surface area contributed by atoms with Crippen molar-refractivity contribution in [2.75, 3.05) is 13.6 Å². The molecule has 0 fully saturated rings. The Morgan fingerprint density at radius 2 is 2.04 bits per heavy atom. The van der Waals surface area contributed by atoms with Gasteiger partial charge in [0.2, 0.25) is 0 Å². The lowest BCUT2D eigenvalue weighted by Crippen LogP contribution is -2.37. The topological polar surface area (TPSA) is 74.5 Å². The first-order chi connectivity index (χ1) is 13.1. The third-order valence-corrected chi connectivity index (χ3v) is 5.23. The summed E-state index contributed by atoms with van der Waals surface area (Å²) in [5.74, 6) is 1.14. The fourth-order valence-electron chi connectivity index (χ4n) is 3.82.